The lowest BCUT2D eigenvalue weighted by Crippen LogP contribution is -2.15. The van der Waals surface area contributed by atoms with E-state index < -0.39 is 5.97 Å². The molecule has 0 aliphatic carbocycles. The molecule has 0 atom stereocenters. The van der Waals surface area contributed by atoms with Crippen LogP contribution in [0.5, 0.6) is 5.75 Å². The maximum absolute atomic E-state index is 12.2. The third-order valence-corrected chi connectivity index (χ3v) is 3.95. The molecule has 29 heavy (non-hydrogen) atoms. The number of aromatic nitrogens is 2. The largest absolute Gasteiger partial charge is 0.495 e. The number of nitrogens with one attached hydrogen (secondary N) is 2. The van der Waals surface area contributed by atoms with Crippen LogP contribution in [-0.4, -0.2) is 36.2 Å². The zero-order valence-corrected chi connectivity index (χ0v) is 16.0. The van der Waals surface area contributed by atoms with E-state index in [4.69, 9.17) is 14.0 Å². The summed E-state index contributed by atoms with van der Waals surface area (Å²) in [4.78, 5) is 28.5. The number of rotatable bonds is 8. The summed E-state index contributed by atoms with van der Waals surface area (Å²) >= 11 is 0. The molecule has 0 saturated carbocycles. The molecule has 0 spiro atoms. The molecule has 0 fully saturated rings. The lowest BCUT2D eigenvalue weighted by atomic mass is 10.2. The van der Waals surface area contributed by atoms with Gasteiger partial charge in [0.25, 0.3) is 5.89 Å². The Morgan fingerprint density at radius 1 is 1.07 bits per heavy atom. The quantitative estimate of drug-likeness (QED) is 0.559. The van der Waals surface area contributed by atoms with Crippen molar-refractivity contribution in [2.45, 2.75) is 13.0 Å². The Kier molecular flexibility index (Phi) is 6.41. The van der Waals surface area contributed by atoms with Crippen molar-refractivity contribution >= 4 is 23.3 Å². The first-order valence-electron chi connectivity index (χ1n) is 8.79. The van der Waals surface area contributed by atoms with Crippen molar-refractivity contribution in [3.63, 3.8) is 0 Å². The number of carbonyl (C=O) groups is 2. The molecule has 0 radical (unpaired) electrons. The van der Waals surface area contributed by atoms with Gasteiger partial charge < -0.3 is 24.6 Å². The smallest absolute Gasteiger partial charge is 0.340 e. The van der Waals surface area contributed by atoms with Crippen LogP contribution in [0.15, 0.2) is 53.1 Å². The molecule has 0 bridgehead atoms. The number of anilines is 2. The van der Waals surface area contributed by atoms with Gasteiger partial charge in [-0.25, -0.2) is 4.79 Å². The number of nitrogens with zero attached hydrogens (tertiary/aromatic N) is 2. The molecular formula is C20H20N4O5. The van der Waals surface area contributed by atoms with E-state index in [9.17, 15) is 9.59 Å². The molecule has 2 aromatic carbocycles. The zero-order chi connectivity index (χ0) is 20.6. The number of ether oxygens (including phenoxy) is 2. The Hall–Kier alpha value is -3.88. The van der Waals surface area contributed by atoms with E-state index in [1.54, 1.807) is 49.5 Å². The monoisotopic (exact) mass is 396 g/mol. The third-order valence-electron chi connectivity index (χ3n) is 3.95. The second-order valence-electron chi connectivity index (χ2n) is 5.90. The van der Waals surface area contributed by atoms with E-state index in [-0.39, 0.29) is 30.7 Å². The van der Waals surface area contributed by atoms with Crippen LogP contribution in [-0.2, 0) is 22.6 Å². The number of para-hydroxylation sites is 3. The number of methoxy groups -OCH3 is 1. The first kappa shape index (κ1) is 19.9. The molecule has 9 heteroatoms. The molecule has 3 aromatic rings. The van der Waals surface area contributed by atoms with Gasteiger partial charge in [0, 0.05) is 12.7 Å². The Morgan fingerprint density at radius 2 is 1.79 bits per heavy atom. The average molecular weight is 396 g/mol. The van der Waals surface area contributed by atoms with Crippen LogP contribution in [0.4, 0.5) is 11.4 Å². The number of amides is 1. The van der Waals surface area contributed by atoms with Gasteiger partial charge >= 0.3 is 5.97 Å². The number of esters is 1. The molecule has 2 N–H and O–H groups in total. The van der Waals surface area contributed by atoms with Crippen LogP contribution in [0.1, 0.15) is 22.1 Å². The van der Waals surface area contributed by atoms with E-state index >= 15 is 0 Å². The molecular weight excluding hydrogens is 376 g/mol. The first-order chi connectivity index (χ1) is 14.1. The van der Waals surface area contributed by atoms with E-state index in [0.717, 1.165) is 0 Å². The van der Waals surface area contributed by atoms with Crippen LogP contribution in [0.3, 0.4) is 0 Å². The second kappa shape index (κ2) is 9.36. The summed E-state index contributed by atoms with van der Waals surface area (Å²) in [5, 5.41) is 9.39. The Labute approximate surface area is 167 Å². The summed E-state index contributed by atoms with van der Waals surface area (Å²) in [6.07, 6.45) is -0.0991. The molecule has 9 nitrogen and oxygen atoms in total. The molecule has 0 aliphatic heterocycles. The molecule has 1 amide bonds. The third kappa shape index (κ3) is 5.10. The topological polar surface area (TPSA) is 116 Å². The Bertz CT molecular complexity index is 1000. The second-order valence-corrected chi connectivity index (χ2v) is 5.90. The average Bonchev–Trinajstić information content (AvgIpc) is 3.19. The summed E-state index contributed by atoms with van der Waals surface area (Å²) in [5.74, 6) is -0.0340. The molecule has 3 rings (SSSR count). The minimum Gasteiger partial charge on any atom is -0.495 e. The van der Waals surface area contributed by atoms with Gasteiger partial charge in [-0.3, -0.25) is 4.79 Å². The number of hydrogen-bond acceptors (Lipinski definition) is 8. The normalized spacial score (nSPS) is 10.3. The van der Waals surface area contributed by atoms with Gasteiger partial charge in [0.05, 0.1) is 24.8 Å². The Balaban J connectivity index is 1.55. The standard InChI is InChI=1S/C20H20N4O5/c1-21-14-8-4-3-7-13(14)20(26)28-12-19-23-17(24-29-19)11-18(25)22-15-9-5-6-10-16(15)27-2/h3-10,21H,11-12H2,1-2H3,(H,22,25). The number of carbonyl (C=O) groups excluding carboxylic acids is 2. The fourth-order valence-corrected chi connectivity index (χ4v) is 2.59. The highest BCUT2D eigenvalue weighted by Gasteiger charge is 2.16. The minimum atomic E-state index is -0.524. The predicted molar refractivity (Wildman–Crippen MR) is 105 cm³/mol. The van der Waals surface area contributed by atoms with Crippen molar-refractivity contribution in [2.24, 2.45) is 0 Å². The summed E-state index contributed by atoms with van der Waals surface area (Å²) in [7, 11) is 3.24. The van der Waals surface area contributed by atoms with Crippen molar-refractivity contribution in [1.29, 1.82) is 0 Å². The lowest BCUT2D eigenvalue weighted by molar-refractivity contribution is -0.115. The van der Waals surface area contributed by atoms with Crippen molar-refractivity contribution in [3.8, 4) is 5.75 Å². The summed E-state index contributed by atoms with van der Waals surface area (Å²) in [6, 6.07) is 14.0. The van der Waals surface area contributed by atoms with Crippen LogP contribution in [0, 0.1) is 0 Å². The highest BCUT2D eigenvalue weighted by Crippen LogP contribution is 2.23. The van der Waals surface area contributed by atoms with Crippen LogP contribution in [0.2, 0.25) is 0 Å². The SMILES string of the molecule is CNc1ccccc1C(=O)OCc1nc(CC(=O)Nc2ccccc2OC)no1. The fraction of sp³-hybridized carbons (Fsp3) is 0.200. The van der Waals surface area contributed by atoms with Gasteiger partial charge in [0.2, 0.25) is 5.91 Å². The fourth-order valence-electron chi connectivity index (χ4n) is 2.59. The van der Waals surface area contributed by atoms with Crippen LogP contribution < -0.4 is 15.4 Å². The van der Waals surface area contributed by atoms with Gasteiger partial charge in [0.15, 0.2) is 12.4 Å². The number of benzene rings is 2. The predicted octanol–water partition coefficient (Wildman–Crippen LogP) is 2.66. The van der Waals surface area contributed by atoms with E-state index in [2.05, 4.69) is 20.8 Å². The van der Waals surface area contributed by atoms with Crippen LogP contribution >= 0.6 is 0 Å². The summed E-state index contributed by atoms with van der Waals surface area (Å²) in [6.45, 7) is -0.196. The van der Waals surface area contributed by atoms with Gasteiger partial charge in [-0.05, 0) is 24.3 Å². The summed E-state index contributed by atoms with van der Waals surface area (Å²) < 4.78 is 15.4. The molecule has 0 unspecified atom stereocenters. The zero-order valence-electron chi connectivity index (χ0n) is 16.0. The molecule has 0 saturated heterocycles. The van der Waals surface area contributed by atoms with E-state index in [1.807, 2.05) is 6.07 Å². The molecule has 1 aromatic heterocycles. The van der Waals surface area contributed by atoms with Crippen molar-refractivity contribution in [2.75, 3.05) is 24.8 Å². The van der Waals surface area contributed by atoms with Crippen molar-refractivity contribution < 1.29 is 23.6 Å². The van der Waals surface area contributed by atoms with Crippen molar-refractivity contribution in [1.82, 2.24) is 10.1 Å². The summed E-state index contributed by atoms with van der Waals surface area (Å²) in [5.41, 5.74) is 1.59. The molecule has 1 heterocycles. The first-order valence-corrected chi connectivity index (χ1v) is 8.79. The Morgan fingerprint density at radius 3 is 2.55 bits per heavy atom. The van der Waals surface area contributed by atoms with E-state index in [1.165, 1.54) is 7.11 Å². The van der Waals surface area contributed by atoms with Gasteiger partial charge in [-0.2, -0.15) is 4.98 Å². The van der Waals surface area contributed by atoms with Gasteiger partial charge in [-0.15, -0.1) is 0 Å². The van der Waals surface area contributed by atoms with E-state index in [0.29, 0.717) is 22.7 Å². The highest BCUT2D eigenvalue weighted by atomic mass is 16.6. The van der Waals surface area contributed by atoms with Crippen molar-refractivity contribution in [3.05, 3.63) is 65.8 Å². The maximum Gasteiger partial charge on any atom is 0.340 e. The minimum absolute atomic E-state index is 0.0976. The maximum atomic E-state index is 12.2. The molecule has 0 aliphatic rings. The highest BCUT2D eigenvalue weighted by molar-refractivity contribution is 5.95. The molecule has 150 valence electrons. The van der Waals surface area contributed by atoms with Crippen LogP contribution in [0.25, 0.3) is 0 Å². The lowest BCUT2D eigenvalue weighted by Gasteiger charge is -2.08. The van der Waals surface area contributed by atoms with Gasteiger partial charge in [-0.1, -0.05) is 29.4 Å². The van der Waals surface area contributed by atoms with Gasteiger partial charge in [0.1, 0.15) is 5.75 Å². The number of hydrogen-bond donors (Lipinski definition) is 2.